The zero-order chi connectivity index (χ0) is 15.4. The molecule has 0 spiro atoms. The molecule has 1 aromatic carbocycles. The van der Waals surface area contributed by atoms with Crippen molar-refractivity contribution < 1.29 is 24.2 Å². The molecule has 1 heterocycles. The van der Waals surface area contributed by atoms with Crippen molar-refractivity contribution in [1.29, 1.82) is 0 Å². The van der Waals surface area contributed by atoms with Crippen LogP contribution < -0.4 is 10.1 Å². The molecule has 1 unspecified atom stereocenters. The number of hydrogen-bond donors (Lipinski definition) is 2. The van der Waals surface area contributed by atoms with Crippen molar-refractivity contribution in [3.63, 3.8) is 0 Å². The van der Waals surface area contributed by atoms with Crippen LogP contribution in [0.25, 0.3) is 0 Å². The van der Waals surface area contributed by atoms with E-state index >= 15 is 0 Å². The van der Waals surface area contributed by atoms with Gasteiger partial charge in [0.2, 0.25) is 0 Å². The molecular weight excluding hydrogens is 276 g/mol. The second kappa shape index (κ2) is 6.34. The Morgan fingerprint density at radius 2 is 2.14 bits per heavy atom. The molecule has 2 rings (SSSR count). The first kappa shape index (κ1) is 15.0. The number of phenols is 1. The number of alkyl carbamates (subject to hydrolysis) is 1. The number of benzene rings is 1. The number of rotatable bonds is 3. The second-order valence-corrected chi connectivity index (χ2v) is 4.76. The van der Waals surface area contributed by atoms with E-state index in [2.05, 4.69) is 10.1 Å². The van der Waals surface area contributed by atoms with Gasteiger partial charge in [0, 0.05) is 19.2 Å². The maximum Gasteiger partial charge on any atom is 0.407 e. The zero-order valence-electron chi connectivity index (χ0n) is 12.0. The Hall–Kier alpha value is -2.44. The van der Waals surface area contributed by atoms with Gasteiger partial charge in [-0.1, -0.05) is 0 Å². The molecule has 2 amide bonds. The Morgan fingerprint density at radius 1 is 1.38 bits per heavy atom. The van der Waals surface area contributed by atoms with Gasteiger partial charge in [0.25, 0.3) is 5.91 Å². The Bertz CT molecular complexity index is 546. The number of hydrogen-bond acceptors (Lipinski definition) is 5. The van der Waals surface area contributed by atoms with Crippen LogP contribution in [0.15, 0.2) is 18.2 Å². The highest BCUT2D eigenvalue weighted by molar-refractivity contribution is 5.97. The third-order valence-corrected chi connectivity index (χ3v) is 3.42. The number of methoxy groups -OCH3 is 2. The predicted octanol–water partition coefficient (Wildman–Crippen LogP) is 0.971. The van der Waals surface area contributed by atoms with Gasteiger partial charge in [0.05, 0.1) is 25.8 Å². The maximum absolute atomic E-state index is 12.3. The summed E-state index contributed by atoms with van der Waals surface area (Å²) in [6, 6.07) is 4.40. The van der Waals surface area contributed by atoms with Crippen LogP contribution in [0.4, 0.5) is 4.79 Å². The summed E-state index contributed by atoms with van der Waals surface area (Å²) in [5, 5.41) is 12.5. The molecule has 2 N–H and O–H groups in total. The first-order chi connectivity index (χ1) is 10.0. The molecule has 1 saturated heterocycles. The molecule has 0 radical (unpaired) electrons. The van der Waals surface area contributed by atoms with Crippen molar-refractivity contribution in [2.24, 2.45) is 0 Å². The summed E-state index contributed by atoms with van der Waals surface area (Å²) in [5.41, 5.74) is 0.217. The molecule has 1 aliphatic rings. The molecule has 114 valence electrons. The van der Waals surface area contributed by atoms with Gasteiger partial charge in [-0.25, -0.2) is 4.79 Å². The smallest absolute Gasteiger partial charge is 0.407 e. The Labute approximate surface area is 122 Å². The fourth-order valence-electron chi connectivity index (χ4n) is 2.28. The third-order valence-electron chi connectivity index (χ3n) is 3.42. The molecule has 0 saturated carbocycles. The van der Waals surface area contributed by atoms with Crippen LogP contribution in [0.3, 0.4) is 0 Å². The first-order valence-corrected chi connectivity index (χ1v) is 6.56. The van der Waals surface area contributed by atoms with E-state index in [9.17, 15) is 14.7 Å². The summed E-state index contributed by atoms with van der Waals surface area (Å²) in [5.74, 6) is 0.0868. The average molecular weight is 294 g/mol. The first-order valence-electron chi connectivity index (χ1n) is 6.56. The monoisotopic (exact) mass is 294 g/mol. The second-order valence-electron chi connectivity index (χ2n) is 4.76. The highest BCUT2D eigenvalue weighted by atomic mass is 16.5. The number of amides is 2. The standard InChI is InChI=1S/C14H18N2O5/c1-20-10-3-4-11(12(17)7-10)13(18)16-6-5-9(8-16)15-14(19)21-2/h3-4,7,9,17H,5-6,8H2,1-2H3,(H,15,19). The fourth-order valence-corrected chi connectivity index (χ4v) is 2.28. The van der Waals surface area contributed by atoms with E-state index in [1.165, 1.54) is 26.4 Å². The van der Waals surface area contributed by atoms with Crippen LogP contribution in [0.2, 0.25) is 0 Å². The van der Waals surface area contributed by atoms with Gasteiger partial charge in [-0.2, -0.15) is 0 Å². The number of nitrogens with zero attached hydrogens (tertiary/aromatic N) is 1. The van der Waals surface area contributed by atoms with Crippen LogP contribution in [-0.4, -0.2) is 55.4 Å². The maximum atomic E-state index is 12.3. The summed E-state index contributed by atoms with van der Waals surface area (Å²) in [6.07, 6.45) is 0.138. The molecule has 1 atom stereocenters. The number of ether oxygens (including phenoxy) is 2. The highest BCUT2D eigenvalue weighted by Crippen LogP contribution is 2.25. The molecule has 21 heavy (non-hydrogen) atoms. The van der Waals surface area contributed by atoms with Gasteiger partial charge in [-0.15, -0.1) is 0 Å². The Morgan fingerprint density at radius 3 is 2.76 bits per heavy atom. The van der Waals surface area contributed by atoms with E-state index in [1.54, 1.807) is 11.0 Å². The Kier molecular flexibility index (Phi) is 4.52. The lowest BCUT2D eigenvalue weighted by Gasteiger charge is -2.17. The molecule has 7 nitrogen and oxygen atoms in total. The molecule has 0 aliphatic carbocycles. The third kappa shape index (κ3) is 3.36. The number of aromatic hydroxyl groups is 1. The molecule has 1 aliphatic heterocycles. The quantitative estimate of drug-likeness (QED) is 0.867. The molecule has 0 bridgehead atoms. The van der Waals surface area contributed by atoms with E-state index in [4.69, 9.17) is 4.74 Å². The molecule has 0 aromatic heterocycles. The van der Waals surface area contributed by atoms with Gasteiger partial charge < -0.3 is 24.8 Å². The SMILES string of the molecule is COC(=O)NC1CCN(C(=O)c2ccc(OC)cc2O)C1. The molecular formula is C14H18N2O5. The molecule has 1 aromatic rings. The lowest BCUT2D eigenvalue weighted by Crippen LogP contribution is -2.38. The normalized spacial score (nSPS) is 17.4. The van der Waals surface area contributed by atoms with E-state index in [0.717, 1.165) is 0 Å². The van der Waals surface area contributed by atoms with Crippen LogP contribution >= 0.6 is 0 Å². The lowest BCUT2D eigenvalue weighted by molar-refractivity contribution is 0.0785. The topological polar surface area (TPSA) is 88.1 Å². The van der Waals surface area contributed by atoms with Crippen LogP contribution in [0, 0.1) is 0 Å². The largest absolute Gasteiger partial charge is 0.507 e. The van der Waals surface area contributed by atoms with Crippen molar-refractivity contribution in [2.45, 2.75) is 12.5 Å². The number of phenolic OH excluding ortho intramolecular Hbond substituents is 1. The number of likely N-dealkylation sites (tertiary alicyclic amines) is 1. The van der Waals surface area contributed by atoms with Crippen LogP contribution in [0.1, 0.15) is 16.8 Å². The molecule has 1 fully saturated rings. The van der Waals surface area contributed by atoms with Crippen molar-refractivity contribution in [2.75, 3.05) is 27.3 Å². The minimum Gasteiger partial charge on any atom is -0.507 e. The molecule has 7 heteroatoms. The number of nitrogens with one attached hydrogen (secondary N) is 1. The van der Waals surface area contributed by atoms with Crippen LogP contribution in [0.5, 0.6) is 11.5 Å². The number of carbonyl (C=O) groups is 2. The van der Waals surface area contributed by atoms with E-state index in [-0.39, 0.29) is 23.3 Å². The lowest BCUT2D eigenvalue weighted by atomic mass is 10.1. The van der Waals surface area contributed by atoms with Crippen molar-refractivity contribution in [3.8, 4) is 11.5 Å². The predicted molar refractivity (Wildman–Crippen MR) is 74.5 cm³/mol. The fraction of sp³-hybridized carbons (Fsp3) is 0.429. The van der Waals surface area contributed by atoms with Crippen LogP contribution in [-0.2, 0) is 4.74 Å². The summed E-state index contributed by atoms with van der Waals surface area (Å²) in [6.45, 7) is 0.901. The summed E-state index contributed by atoms with van der Waals surface area (Å²) in [7, 11) is 2.78. The van der Waals surface area contributed by atoms with Gasteiger partial charge in [0.15, 0.2) is 0 Å². The van der Waals surface area contributed by atoms with E-state index in [0.29, 0.717) is 25.3 Å². The Balaban J connectivity index is 2.03. The van der Waals surface area contributed by atoms with Gasteiger partial charge in [-0.3, -0.25) is 4.79 Å². The van der Waals surface area contributed by atoms with Gasteiger partial charge >= 0.3 is 6.09 Å². The highest BCUT2D eigenvalue weighted by Gasteiger charge is 2.29. The van der Waals surface area contributed by atoms with Crippen molar-refractivity contribution >= 4 is 12.0 Å². The van der Waals surface area contributed by atoms with E-state index < -0.39 is 6.09 Å². The summed E-state index contributed by atoms with van der Waals surface area (Å²) >= 11 is 0. The summed E-state index contributed by atoms with van der Waals surface area (Å²) < 4.78 is 9.51. The minimum absolute atomic E-state index is 0.122. The number of carbonyl (C=O) groups excluding carboxylic acids is 2. The zero-order valence-corrected chi connectivity index (χ0v) is 12.0. The average Bonchev–Trinajstić information content (AvgIpc) is 2.94. The van der Waals surface area contributed by atoms with Crippen molar-refractivity contribution in [1.82, 2.24) is 10.2 Å². The van der Waals surface area contributed by atoms with Gasteiger partial charge in [-0.05, 0) is 18.6 Å². The van der Waals surface area contributed by atoms with Crippen molar-refractivity contribution in [3.05, 3.63) is 23.8 Å². The minimum atomic E-state index is -0.512. The summed E-state index contributed by atoms with van der Waals surface area (Å²) in [4.78, 5) is 25.1. The van der Waals surface area contributed by atoms with E-state index in [1.807, 2.05) is 0 Å². The van der Waals surface area contributed by atoms with Gasteiger partial charge in [0.1, 0.15) is 11.5 Å².